The van der Waals surface area contributed by atoms with E-state index in [9.17, 15) is 0 Å². The lowest BCUT2D eigenvalue weighted by Gasteiger charge is -2.03. The van der Waals surface area contributed by atoms with Crippen LogP contribution < -0.4 is 0 Å². The summed E-state index contributed by atoms with van der Waals surface area (Å²) in [6, 6.07) is 15.3. The smallest absolute Gasteiger partial charge is 0.0702 e. The van der Waals surface area contributed by atoms with Gasteiger partial charge in [-0.1, -0.05) is 56.5 Å². The summed E-state index contributed by atoms with van der Waals surface area (Å²) in [6.07, 6.45) is 8.39. The minimum absolute atomic E-state index is 1.04. The Balaban J connectivity index is 1.94. The number of aromatic nitrogens is 1. The van der Waals surface area contributed by atoms with Crippen molar-refractivity contribution in [2.45, 2.75) is 39.0 Å². The van der Waals surface area contributed by atoms with Crippen molar-refractivity contribution in [3.63, 3.8) is 0 Å². The van der Waals surface area contributed by atoms with Gasteiger partial charge in [0.05, 0.1) is 5.69 Å². The number of pyridine rings is 1. The fourth-order valence-corrected chi connectivity index (χ4v) is 2.06. The van der Waals surface area contributed by atoms with Crippen LogP contribution in [0.5, 0.6) is 0 Å². The predicted molar refractivity (Wildman–Crippen MR) is 76.4 cm³/mol. The van der Waals surface area contributed by atoms with Gasteiger partial charge in [-0.15, -0.1) is 0 Å². The zero-order valence-corrected chi connectivity index (χ0v) is 11.0. The van der Waals surface area contributed by atoms with Gasteiger partial charge in [-0.05, 0) is 30.5 Å². The SMILES string of the molecule is CCCCCCc1ccc(-c2cc[c]cc2)nc1. The Bertz CT molecular complexity index is 445. The highest BCUT2D eigenvalue weighted by Gasteiger charge is 1.99. The van der Waals surface area contributed by atoms with Crippen molar-refractivity contribution in [2.24, 2.45) is 0 Å². The molecule has 1 radical (unpaired) electrons. The maximum absolute atomic E-state index is 4.53. The topological polar surface area (TPSA) is 12.9 Å². The second kappa shape index (κ2) is 6.95. The maximum Gasteiger partial charge on any atom is 0.0702 e. The van der Waals surface area contributed by atoms with E-state index in [1.54, 1.807) is 0 Å². The van der Waals surface area contributed by atoms with Gasteiger partial charge in [0.2, 0.25) is 0 Å². The second-order valence-electron chi connectivity index (χ2n) is 4.65. The first-order valence-electron chi connectivity index (χ1n) is 6.81. The van der Waals surface area contributed by atoms with Crippen molar-refractivity contribution >= 4 is 0 Å². The van der Waals surface area contributed by atoms with Gasteiger partial charge in [-0.3, -0.25) is 4.98 Å². The summed E-state index contributed by atoms with van der Waals surface area (Å²) in [4.78, 5) is 4.53. The quantitative estimate of drug-likeness (QED) is 0.666. The molecule has 0 aliphatic heterocycles. The first-order valence-corrected chi connectivity index (χ1v) is 6.81. The molecule has 18 heavy (non-hydrogen) atoms. The van der Waals surface area contributed by atoms with Gasteiger partial charge in [0.15, 0.2) is 0 Å². The van der Waals surface area contributed by atoms with E-state index in [4.69, 9.17) is 0 Å². The van der Waals surface area contributed by atoms with E-state index in [0.717, 1.165) is 17.7 Å². The van der Waals surface area contributed by atoms with Gasteiger partial charge < -0.3 is 0 Å². The molecule has 1 heterocycles. The van der Waals surface area contributed by atoms with Crippen LogP contribution in [0.15, 0.2) is 42.6 Å². The molecule has 1 heteroatoms. The minimum Gasteiger partial charge on any atom is -0.256 e. The molecule has 0 aliphatic carbocycles. The first kappa shape index (κ1) is 12.8. The van der Waals surface area contributed by atoms with Crippen molar-refractivity contribution in [1.29, 1.82) is 0 Å². The van der Waals surface area contributed by atoms with E-state index in [1.165, 1.54) is 31.2 Å². The van der Waals surface area contributed by atoms with Crippen molar-refractivity contribution in [1.82, 2.24) is 4.98 Å². The summed E-state index contributed by atoms with van der Waals surface area (Å²) in [7, 11) is 0. The molecule has 0 amide bonds. The molecule has 0 aliphatic rings. The minimum atomic E-state index is 1.04. The first-order chi connectivity index (χ1) is 8.90. The highest BCUT2D eigenvalue weighted by Crippen LogP contribution is 2.16. The number of nitrogens with zero attached hydrogens (tertiary/aromatic N) is 1. The van der Waals surface area contributed by atoms with Crippen LogP contribution in [0.25, 0.3) is 11.3 Å². The average molecular weight is 238 g/mol. The number of hydrogen-bond donors (Lipinski definition) is 0. The highest BCUT2D eigenvalue weighted by atomic mass is 14.7. The zero-order chi connectivity index (χ0) is 12.6. The average Bonchev–Trinajstić information content (AvgIpc) is 2.45. The molecule has 0 unspecified atom stereocenters. The molecule has 2 rings (SSSR count). The number of unbranched alkanes of at least 4 members (excludes halogenated alkanes) is 3. The zero-order valence-electron chi connectivity index (χ0n) is 11.0. The van der Waals surface area contributed by atoms with Crippen LogP contribution in [0.2, 0.25) is 0 Å². The second-order valence-corrected chi connectivity index (χ2v) is 4.65. The third-order valence-electron chi connectivity index (χ3n) is 3.16. The van der Waals surface area contributed by atoms with Crippen LogP contribution in [0.3, 0.4) is 0 Å². The predicted octanol–water partition coefficient (Wildman–Crippen LogP) is 4.67. The number of aryl methyl sites for hydroxylation is 1. The monoisotopic (exact) mass is 238 g/mol. The van der Waals surface area contributed by atoms with Crippen LogP contribution in [0, 0.1) is 6.07 Å². The summed E-state index contributed by atoms with van der Waals surface area (Å²) in [5.41, 5.74) is 3.55. The molecular formula is C17H20N. The van der Waals surface area contributed by atoms with E-state index < -0.39 is 0 Å². The van der Waals surface area contributed by atoms with Crippen LogP contribution in [-0.2, 0) is 6.42 Å². The van der Waals surface area contributed by atoms with E-state index >= 15 is 0 Å². The van der Waals surface area contributed by atoms with Crippen LogP contribution in [-0.4, -0.2) is 4.98 Å². The fraction of sp³-hybridized carbons (Fsp3) is 0.353. The molecule has 2 aromatic rings. The summed E-state index contributed by atoms with van der Waals surface area (Å²) in [6.45, 7) is 2.24. The Morgan fingerprint density at radius 2 is 1.83 bits per heavy atom. The lowest BCUT2D eigenvalue weighted by Crippen LogP contribution is -1.89. The Morgan fingerprint density at radius 3 is 2.50 bits per heavy atom. The van der Waals surface area contributed by atoms with Crippen LogP contribution in [0.4, 0.5) is 0 Å². The third-order valence-corrected chi connectivity index (χ3v) is 3.16. The van der Waals surface area contributed by atoms with Crippen LogP contribution >= 0.6 is 0 Å². The summed E-state index contributed by atoms with van der Waals surface area (Å²) >= 11 is 0. The number of hydrogen-bond acceptors (Lipinski definition) is 1. The summed E-state index contributed by atoms with van der Waals surface area (Å²) in [5.74, 6) is 0. The largest absolute Gasteiger partial charge is 0.256 e. The molecule has 1 aromatic carbocycles. The molecule has 0 fully saturated rings. The molecule has 0 saturated heterocycles. The van der Waals surface area contributed by atoms with Crippen LogP contribution in [0.1, 0.15) is 38.2 Å². The van der Waals surface area contributed by atoms with E-state index in [-0.39, 0.29) is 0 Å². The van der Waals surface area contributed by atoms with Gasteiger partial charge in [0, 0.05) is 11.8 Å². The van der Waals surface area contributed by atoms with Crippen molar-refractivity contribution < 1.29 is 0 Å². The molecule has 0 bridgehead atoms. The Morgan fingerprint density at radius 1 is 1.00 bits per heavy atom. The van der Waals surface area contributed by atoms with Gasteiger partial charge >= 0.3 is 0 Å². The molecule has 0 atom stereocenters. The van der Waals surface area contributed by atoms with Crippen molar-refractivity contribution in [3.05, 3.63) is 54.2 Å². The van der Waals surface area contributed by atoms with E-state index in [2.05, 4.69) is 30.1 Å². The number of rotatable bonds is 6. The molecule has 0 saturated carbocycles. The van der Waals surface area contributed by atoms with Crippen molar-refractivity contribution in [3.8, 4) is 11.3 Å². The standard InChI is InChI=1S/C17H20N/c1-2-3-4-6-9-15-12-13-17(18-14-15)16-10-7-5-8-11-16/h7-8,10-14H,2-4,6,9H2,1H3. The highest BCUT2D eigenvalue weighted by molar-refractivity contribution is 5.58. The summed E-state index contributed by atoms with van der Waals surface area (Å²) < 4.78 is 0. The van der Waals surface area contributed by atoms with Gasteiger partial charge in [-0.25, -0.2) is 0 Å². The molecule has 1 aromatic heterocycles. The molecule has 0 N–H and O–H groups in total. The molecule has 0 spiro atoms. The Hall–Kier alpha value is -1.63. The molecule has 93 valence electrons. The van der Waals surface area contributed by atoms with Gasteiger partial charge in [0.1, 0.15) is 0 Å². The number of benzene rings is 1. The Labute approximate surface area is 110 Å². The molecule has 1 nitrogen and oxygen atoms in total. The van der Waals surface area contributed by atoms with Gasteiger partial charge in [-0.2, -0.15) is 0 Å². The molecular weight excluding hydrogens is 218 g/mol. The maximum atomic E-state index is 4.53. The fourth-order valence-electron chi connectivity index (χ4n) is 2.06. The van der Waals surface area contributed by atoms with Gasteiger partial charge in [0.25, 0.3) is 0 Å². The summed E-state index contributed by atoms with van der Waals surface area (Å²) in [5, 5.41) is 0. The normalized spacial score (nSPS) is 10.5. The van der Waals surface area contributed by atoms with E-state index in [0.29, 0.717) is 0 Å². The van der Waals surface area contributed by atoms with Crippen molar-refractivity contribution in [2.75, 3.05) is 0 Å². The third kappa shape index (κ3) is 3.69. The lowest BCUT2D eigenvalue weighted by molar-refractivity contribution is 0.666. The Kier molecular flexibility index (Phi) is 4.95. The van der Waals surface area contributed by atoms with E-state index in [1.807, 2.05) is 30.5 Å². The lowest BCUT2D eigenvalue weighted by atomic mass is 10.1.